The van der Waals surface area contributed by atoms with Gasteiger partial charge in [0, 0.05) is 12.8 Å². The molecule has 3 unspecified atom stereocenters. The van der Waals surface area contributed by atoms with E-state index < -0.39 is 30.9 Å². The van der Waals surface area contributed by atoms with E-state index in [4.69, 9.17) is 9.84 Å². The van der Waals surface area contributed by atoms with E-state index in [2.05, 4.69) is 0 Å². The number of carbonyl (C=O) groups is 1. The Morgan fingerprint density at radius 2 is 1.69 bits per heavy atom. The second-order valence-electron chi connectivity index (χ2n) is 6.18. The summed E-state index contributed by atoms with van der Waals surface area (Å²) in [6.07, 6.45) is -3.07. The molecule has 6 nitrogen and oxygen atoms in total. The molecule has 26 heavy (non-hydrogen) atoms. The van der Waals surface area contributed by atoms with E-state index in [1.54, 1.807) is 18.2 Å². The van der Waals surface area contributed by atoms with Crippen LogP contribution in [0.3, 0.4) is 0 Å². The molecular weight excluding hydrogens is 336 g/mol. The van der Waals surface area contributed by atoms with Crippen LogP contribution >= 0.6 is 0 Å². The van der Waals surface area contributed by atoms with Gasteiger partial charge in [-0.3, -0.25) is 0 Å². The van der Waals surface area contributed by atoms with E-state index in [1.165, 1.54) is 7.11 Å². The molecule has 0 aliphatic heterocycles. The van der Waals surface area contributed by atoms with Gasteiger partial charge in [-0.05, 0) is 28.8 Å². The summed E-state index contributed by atoms with van der Waals surface area (Å²) in [7, 11) is 1.34. The first kappa shape index (κ1) is 20.1. The van der Waals surface area contributed by atoms with Crippen LogP contribution in [0.15, 0.2) is 48.5 Å². The van der Waals surface area contributed by atoms with E-state index in [0.717, 1.165) is 16.7 Å². The molecule has 0 saturated carbocycles. The maximum atomic E-state index is 11.6. The van der Waals surface area contributed by atoms with Crippen LogP contribution < -0.4 is 0 Å². The number of ether oxygens (including phenoxy) is 1. The molecule has 3 atom stereocenters. The molecule has 6 heteroatoms. The Morgan fingerprint density at radius 1 is 1.00 bits per heavy atom. The Hall–Kier alpha value is -2.25. The molecule has 0 fully saturated rings. The highest BCUT2D eigenvalue weighted by atomic mass is 16.5. The number of aliphatic hydroxyl groups is 4. The number of carbonyl (C=O) groups excluding carboxylic acids is 1. The lowest BCUT2D eigenvalue weighted by molar-refractivity contribution is -0.0228. The molecule has 2 aromatic carbocycles. The van der Waals surface area contributed by atoms with Crippen LogP contribution in [0.5, 0.6) is 0 Å². The maximum Gasteiger partial charge on any atom is 0.337 e. The summed E-state index contributed by atoms with van der Waals surface area (Å²) < 4.78 is 4.72. The topological polar surface area (TPSA) is 107 Å². The second kappa shape index (κ2) is 9.45. The first-order chi connectivity index (χ1) is 12.4. The van der Waals surface area contributed by atoms with Crippen molar-refractivity contribution in [2.24, 2.45) is 0 Å². The summed E-state index contributed by atoms with van der Waals surface area (Å²) in [6.45, 7) is -0.455. The van der Waals surface area contributed by atoms with Crippen molar-refractivity contribution in [1.82, 2.24) is 0 Å². The summed E-state index contributed by atoms with van der Waals surface area (Å²) in [5.74, 6) is -0.398. The number of rotatable bonds is 8. The van der Waals surface area contributed by atoms with Gasteiger partial charge in [-0.25, -0.2) is 4.79 Å². The van der Waals surface area contributed by atoms with Gasteiger partial charge in [-0.2, -0.15) is 0 Å². The predicted octanol–water partition coefficient (Wildman–Crippen LogP) is 1.15. The Bertz CT molecular complexity index is 712. The second-order valence-corrected chi connectivity index (χ2v) is 6.18. The normalized spacial score (nSPS) is 14.5. The van der Waals surface area contributed by atoms with Gasteiger partial charge < -0.3 is 25.2 Å². The highest BCUT2D eigenvalue weighted by Crippen LogP contribution is 2.22. The first-order valence-electron chi connectivity index (χ1n) is 8.37. The number of methoxy groups -OCH3 is 1. The number of hydrogen-bond donors (Lipinski definition) is 4. The van der Waals surface area contributed by atoms with E-state index >= 15 is 0 Å². The van der Waals surface area contributed by atoms with Gasteiger partial charge in [0.15, 0.2) is 0 Å². The third-order valence-corrected chi connectivity index (χ3v) is 4.18. The van der Waals surface area contributed by atoms with Crippen molar-refractivity contribution in [2.45, 2.75) is 31.2 Å². The monoisotopic (exact) mass is 360 g/mol. The van der Waals surface area contributed by atoms with Crippen molar-refractivity contribution >= 4 is 5.97 Å². The van der Waals surface area contributed by atoms with Crippen LogP contribution in [0.4, 0.5) is 0 Å². The molecule has 0 aromatic heterocycles. The molecule has 0 aliphatic rings. The van der Waals surface area contributed by atoms with Gasteiger partial charge in [-0.15, -0.1) is 0 Å². The molecule has 0 saturated heterocycles. The van der Waals surface area contributed by atoms with Crippen LogP contribution in [0, 0.1) is 0 Å². The zero-order valence-corrected chi connectivity index (χ0v) is 14.6. The fourth-order valence-corrected chi connectivity index (χ4v) is 2.66. The van der Waals surface area contributed by atoms with E-state index in [9.17, 15) is 20.1 Å². The minimum absolute atomic E-state index is 0.0872. The van der Waals surface area contributed by atoms with E-state index in [1.807, 2.05) is 30.3 Å². The highest BCUT2D eigenvalue weighted by molar-refractivity contribution is 5.90. The summed E-state index contributed by atoms with van der Waals surface area (Å²) in [6, 6.07) is 14.5. The van der Waals surface area contributed by atoms with Gasteiger partial charge in [0.1, 0.15) is 0 Å². The zero-order valence-electron chi connectivity index (χ0n) is 14.6. The van der Waals surface area contributed by atoms with Crippen molar-refractivity contribution in [3.05, 3.63) is 59.7 Å². The Balaban J connectivity index is 2.05. The van der Waals surface area contributed by atoms with Crippen molar-refractivity contribution in [2.75, 3.05) is 13.7 Å². The lowest BCUT2D eigenvalue weighted by atomic mass is 9.97. The molecule has 0 heterocycles. The molecule has 0 spiro atoms. The standard InChI is InChI=1S/C20H24O6/c1-26-20(25)16-4-2-3-15(10-16)14-7-5-13(6-8-14)9-18(23)19(24)11-17(22)12-21/h2-8,10,17-19,21-24H,9,11-12H2,1H3. The van der Waals surface area contributed by atoms with Gasteiger partial charge in [0.2, 0.25) is 0 Å². The summed E-state index contributed by atoms with van der Waals surface area (Å²) >= 11 is 0. The number of benzene rings is 2. The number of aliphatic hydroxyl groups excluding tert-OH is 4. The molecule has 2 rings (SSSR count). The number of hydrogen-bond acceptors (Lipinski definition) is 6. The molecule has 2 aromatic rings. The molecule has 140 valence electrons. The fourth-order valence-electron chi connectivity index (χ4n) is 2.66. The Kier molecular flexibility index (Phi) is 7.29. The third-order valence-electron chi connectivity index (χ3n) is 4.18. The zero-order chi connectivity index (χ0) is 19.1. The summed E-state index contributed by atoms with van der Waals surface area (Å²) in [4.78, 5) is 11.6. The SMILES string of the molecule is COC(=O)c1cccc(-c2ccc(CC(O)C(O)CC(O)CO)cc2)c1. The molecule has 0 amide bonds. The van der Waals surface area contributed by atoms with E-state index in [0.29, 0.717) is 5.56 Å². The van der Waals surface area contributed by atoms with Gasteiger partial charge >= 0.3 is 5.97 Å². The largest absolute Gasteiger partial charge is 0.465 e. The van der Waals surface area contributed by atoms with Crippen molar-refractivity contribution in [3.63, 3.8) is 0 Å². The highest BCUT2D eigenvalue weighted by Gasteiger charge is 2.20. The van der Waals surface area contributed by atoms with Crippen LogP contribution in [-0.4, -0.2) is 58.4 Å². The summed E-state index contributed by atoms with van der Waals surface area (Å²) in [5.41, 5.74) is 3.06. The summed E-state index contributed by atoms with van der Waals surface area (Å²) in [5, 5.41) is 38.0. The van der Waals surface area contributed by atoms with Crippen LogP contribution in [0.2, 0.25) is 0 Å². The lowest BCUT2D eigenvalue weighted by Crippen LogP contribution is -2.32. The smallest absolute Gasteiger partial charge is 0.337 e. The maximum absolute atomic E-state index is 11.6. The molecule has 0 aliphatic carbocycles. The van der Waals surface area contributed by atoms with Gasteiger partial charge in [0.05, 0.1) is 37.6 Å². The van der Waals surface area contributed by atoms with Crippen molar-refractivity contribution < 1.29 is 30.0 Å². The Morgan fingerprint density at radius 3 is 2.31 bits per heavy atom. The van der Waals surface area contributed by atoms with Crippen LogP contribution in [-0.2, 0) is 11.2 Å². The first-order valence-corrected chi connectivity index (χ1v) is 8.37. The quantitative estimate of drug-likeness (QED) is 0.526. The average molecular weight is 360 g/mol. The van der Waals surface area contributed by atoms with Crippen molar-refractivity contribution in [3.8, 4) is 11.1 Å². The molecule has 4 N–H and O–H groups in total. The minimum Gasteiger partial charge on any atom is -0.465 e. The number of esters is 1. The van der Waals surface area contributed by atoms with Crippen LogP contribution in [0.25, 0.3) is 11.1 Å². The van der Waals surface area contributed by atoms with E-state index in [-0.39, 0.29) is 12.8 Å². The predicted molar refractivity (Wildman–Crippen MR) is 96.6 cm³/mol. The Labute approximate surface area is 152 Å². The molecule has 0 radical (unpaired) electrons. The lowest BCUT2D eigenvalue weighted by Gasteiger charge is -2.20. The third kappa shape index (κ3) is 5.37. The average Bonchev–Trinajstić information content (AvgIpc) is 2.67. The minimum atomic E-state index is -1.12. The van der Waals surface area contributed by atoms with Crippen LogP contribution in [0.1, 0.15) is 22.3 Å². The molecular formula is C20H24O6. The fraction of sp³-hybridized carbons (Fsp3) is 0.350. The molecule has 0 bridgehead atoms. The van der Waals surface area contributed by atoms with Crippen molar-refractivity contribution in [1.29, 1.82) is 0 Å². The van der Waals surface area contributed by atoms with Gasteiger partial charge in [0.25, 0.3) is 0 Å². The van der Waals surface area contributed by atoms with Gasteiger partial charge in [-0.1, -0.05) is 36.4 Å².